The van der Waals surface area contributed by atoms with Gasteiger partial charge in [0, 0.05) is 43.1 Å². The van der Waals surface area contributed by atoms with Crippen molar-refractivity contribution in [1.82, 2.24) is 10.2 Å². The molecule has 0 bridgehead atoms. The number of hydrogen-bond acceptors (Lipinski definition) is 5. The third-order valence-electron chi connectivity index (χ3n) is 8.52. The van der Waals surface area contributed by atoms with Gasteiger partial charge in [-0.1, -0.05) is 43.3 Å². The number of amides is 2. The minimum Gasteiger partial charge on any atom is -0.453 e. The Morgan fingerprint density at radius 2 is 2.00 bits per heavy atom. The van der Waals surface area contributed by atoms with Crippen molar-refractivity contribution in [2.24, 2.45) is 17.6 Å². The SMILES string of the molecule is CCc1cccc(-c2c(F)cccc2C(O)(CCCNC(=O)OC)[C@@H]2CCCN(C(=O)[C@@H]3CC[C@H](N)C3)C2)c1. The molecule has 4 N–H and O–H groups in total. The molecule has 1 unspecified atom stereocenters. The first-order chi connectivity index (χ1) is 18.8. The second-order valence-corrected chi connectivity index (χ2v) is 11.1. The maximum atomic E-state index is 15.6. The van der Waals surface area contributed by atoms with Crippen molar-refractivity contribution in [2.75, 3.05) is 26.7 Å². The van der Waals surface area contributed by atoms with E-state index < -0.39 is 17.5 Å². The molecule has 1 heterocycles. The number of nitrogens with two attached hydrogens (primary N) is 1. The molecule has 2 amide bonds. The van der Waals surface area contributed by atoms with E-state index in [-0.39, 0.29) is 23.8 Å². The lowest BCUT2D eigenvalue weighted by atomic mass is 9.72. The first-order valence-electron chi connectivity index (χ1n) is 14.2. The molecule has 0 spiro atoms. The van der Waals surface area contributed by atoms with Gasteiger partial charge in [-0.2, -0.15) is 0 Å². The summed E-state index contributed by atoms with van der Waals surface area (Å²) in [5.41, 5.74) is 7.39. The Balaban J connectivity index is 1.69. The molecule has 0 radical (unpaired) electrons. The number of ether oxygens (including phenoxy) is 1. The Kier molecular flexibility index (Phi) is 9.62. The van der Waals surface area contributed by atoms with Gasteiger partial charge in [0.25, 0.3) is 0 Å². The highest BCUT2D eigenvalue weighted by Gasteiger charge is 2.44. The molecule has 1 saturated heterocycles. The molecule has 8 heteroatoms. The maximum absolute atomic E-state index is 15.6. The van der Waals surface area contributed by atoms with Crippen LogP contribution in [0.5, 0.6) is 0 Å². The summed E-state index contributed by atoms with van der Waals surface area (Å²) in [6.45, 7) is 3.41. The zero-order valence-electron chi connectivity index (χ0n) is 23.1. The van der Waals surface area contributed by atoms with Crippen molar-refractivity contribution in [2.45, 2.75) is 69.9 Å². The van der Waals surface area contributed by atoms with Crippen molar-refractivity contribution >= 4 is 12.0 Å². The highest BCUT2D eigenvalue weighted by molar-refractivity contribution is 5.79. The number of carbonyl (C=O) groups excluding carboxylic acids is 2. The Bertz CT molecular complexity index is 1160. The van der Waals surface area contributed by atoms with Crippen LogP contribution in [0, 0.1) is 17.7 Å². The first-order valence-corrected chi connectivity index (χ1v) is 14.2. The van der Waals surface area contributed by atoms with E-state index in [0.717, 1.165) is 36.8 Å². The number of piperidine rings is 1. The summed E-state index contributed by atoms with van der Waals surface area (Å²) >= 11 is 0. The van der Waals surface area contributed by atoms with Crippen LogP contribution in [0.25, 0.3) is 11.1 Å². The van der Waals surface area contributed by atoms with Crippen molar-refractivity contribution < 1.29 is 23.8 Å². The van der Waals surface area contributed by atoms with E-state index >= 15 is 4.39 Å². The Morgan fingerprint density at radius 1 is 1.21 bits per heavy atom. The molecule has 39 heavy (non-hydrogen) atoms. The van der Waals surface area contributed by atoms with E-state index in [1.165, 1.54) is 13.2 Å². The van der Waals surface area contributed by atoms with Gasteiger partial charge < -0.3 is 25.8 Å². The number of rotatable bonds is 9. The van der Waals surface area contributed by atoms with Gasteiger partial charge in [-0.3, -0.25) is 4.79 Å². The summed E-state index contributed by atoms with van der Waals surface area (Å²) in [4.78, 5) is 26.9. The molecule has 2 aromatic rings. The number of nitrogens with zero attached hydrogens (tertiary/aromatic N) is 1. The van der Waals surface area contributed by atoms with Crippen molar-refractivity contribution in [3.8, 4) is 11.1 Å². The van der Waals surface area contributed by atoms with Gasteiger partial charge in [0.2, 0.25) is 5.91 Å². The number of halogens is 1. The van der Waals surface area contributed by atoms with Crippen LogP contribution in [0.4, 0.5) is 9.18 Å². The second-order valence-electron chi connectivity index (χ2n) is 11.1. The highest BCUT2D eigenvalue weighted by atomic mass is 19.1. The van der Waals surface area contributed by atoms with Gasteiger partial charge in [-0.15, -0.1) is 0 Å². The van der Waals surface area contributed by atoms with Crippen molar-refractivity contribution in [3.05, 3.63) is 59.4 Å². The van der Waals surface area contributed by atoms with Crippen LogP contribution in [0.15, 0.2) is 42.5 Å². The average Bonchev–Trinajstić information content (AvgIpc) is 3.40. The molecule has 7 nitrogen and oxygen atoms in total. The predicted octanol–water partition coefficient (Wildman–Crippen LogP) is 4.74. The molecule has 1 aliphatic carbocycles. The van der Waals surface area contributed by atoms with E-state index in [9.17, 15) is 14.7 Å². The summed E-state index contributed by atoms with van der Waals surface area (Å²) in [5.74, 6) is -0.649. The molecule has 2 aromatic carbocycles. The number of alkyl carbamates (subject to hydrolysis) is 1. The summed E-state index contributed by atoms with van der Waals surface area (Å²) in [6.07, 6.45) is 4.84. The van der Waals surface area contributed by atoms with Crippen molar-refractivity contribution in [3.63, 3.8) is 0 Å². The monoisotopic (exact) mass is 539 g/mol. The second kappa shape index (κ2) is 12.9. The van der Waals surface area contributed by atoms with Crippen LogP contribution < -0.4 is 11.1 Å². The maximum Gasteiger partial charge on any atom is 0.406 e. The fraction of sp³-hybridized carbons (Fsp3) is 0.548. The van der Waals surface area contributed by atoms with E-state index in [1.54, 1.807) is 6.07 Å². The Hall–Kier alpha value is -2.97. The number of hydrogen-bond donors (Lipinski definition) is 3. The Labute approximate surface area is 230 Å². The molecule has 2 fully saturated rings. The van der Waals surface area contributed by atoms with Gasteiger partial charge >= 0.3 is 6.09 Å². The number of aliphatic hydroxyl groups is 1. The quantitative estimate of drug-likeness (QED) is 0.399. The van der Waals surface area contributed by atoms with Gasteiger partial charge in [0.05, 0.1) is 12.7 Å². The average molecular weight is 540 g/mol. The Morgan fingerprint density at radius 3 is 2.72 bits per heavy atom. The fourth-order valence-electron chi connectivity index (χ4n) is 6.37. The van der Waals surface area contributed by atoms with Crippen LogP contribution in [-0.4, -0.2) is 54.8 Å². The topological polar surface area (TPSA) is 105 Å². The zero-order chi connectivity index (χ0) is 28.0. The van der Waals surface area contributed by atoms with Crippen LogP contribution in [-0.2, 0) is 21.6 Å². The van der Waals surface area contributed by atoms with E-state index in [4.69, 9.17) is 5.73 Å². The number of methoxy groups -OCH3 is 1. The third-order valence-corrected chi connectivity index (χ3v) is 8.52. The molecule has 212 valence electrons. The largest absolute Gasteiger partial charge is 0.453 e. The third kappa shape index (κ3) is 6.61. The van der Waals surface area contributed by atoms with Crippen molar-refractivity contribution in [1.29, 1.82) is 0 Å². The fourth-order valence-corrected chi connectivity index (χ4v) is 6.37. The molecular formula is C31H42FN3O4. The number of likely N-dealkylation sites (tertiary alicyclic amines) is 1. The minimum absolute atomic E-state index is 0.0625. The number of aryl methyl sites for hydroxylation is 1. The summed E-state index contributed by atoms with van der Waals surface area (Å²) in [7, 11) is 1.31. The lowest BCUT2D eigenvalue weighted by molar-refractivity contribution is -0.140. The molecule has 0 aromatic heterocycles. The van der Waals surface area contributed by atoms with Crippen LogP contribution in [0.1, 0.15) is 63.0 Å². The standard InChI is InChI=1S/C31H42FN3O4/c1-3-21-8-4-9-22(18-21)28-26(11-5-12-27(28)32)31(38,15-7-16-34-30(37)39-2)24-10-6-17-35(20-24)29(36)23-13-14-25(33)19-23/h4-5,8-9,11-12,18,23-25,38H,3,6-7,10,13-17,19-20,33H2,1-2H3,(H,34,37)/t23-,24-,25+,31?/m1/s1. The number of carbonyl (C=O) groups is 2. The van der Waals surface area contributed by atoms with Gasteiger partial charge in [0.15, 0.2) is 0 Å². The van der Waals surface area contributed by atoms with Gasteiger partial charge in [-0.25, -0.2) is 9.18 Å². The number of benzene rings is 2. The smallest absolute Gasteiger partial charge is 0.406 e. The zero-order valence-corrected chi connectivity index (χ0v) is 23.1. The summed E-state index contributed by atoms with van der Waals surface area (Å²) in [5, 5.41) is 15.2. The van der Waals surface area contributed by atoms with E-state index in [2.05, 4.69) is 17.0 Å². The van der Waals surface area contributed by atoms with Crippen LogP contribution in [0.3, 0.4) is 0 Å². The minimum atomic E-state index is -1.41. The lowest BCUT2D eigenvalue weighted by Gasteiger charge is -2.44. The summed E-state index contributed by atoms with van der Waals surface area (Å²) in [6, 6.07) is 12.7. The molecule has 4 atom stereocenters. The number of nitrogens with one attached hydrogen (secondary N) is 1. The molecule has 1 saturated carbocycles. The highest BCUT2D eigenvalue weighted by Crippen LogP contribution is 2.44. The lowest BCUT2D eigenvalue weighted by Crippen LogP contribution is -2.49. The van der Waals surface area contributed by atoms with Crippen LogP contribution >= 0.6 is 0 Å². The van der Waals surface area contributed by atoms with E-state index in [1.807, 2.05) is 35.2 Å². The first kappa shape index (κ1) is 29.0. The molecule has 2 aliphatic rings. The van der Waals surface area contributed by atoms with E-state index in [0.29, 0.717) is 56.4 Å². The normalized spacial score (nSPS) is 22.8. The molecule has 1 aliphatic heterocycles. The van der Waals surface area contributed by atoms with Crippen LogP contribution in [0.2, 0.25) is 0 Å². The molecule has 4 rings (SSSR count). The summed E-state index contributed by atoms with van der Waals surface area (Å²) < 4.78 is 20.3. The molecular weight excluding hydrogens is 497 g/mol. The van der Waals surface area contributed by atoms with Gasteiger partial charge in [-0.05, 0) is 74.1 Å². The van der Waals surface area contributed by atoms with Gasteiger partial charge in [0.1, 0.15) is 5.82 Å². The predicted molar refractivity (Wildman–Crippen MR) is 149 cm³/mol.